The molecule has 1 heterocycles. The lowest BCUT2D eigenvalue weighted by molar-refractivity contribution is -0.157. The average molecular weight is 213 g/mol. The van der Waals surface area contributed by atoms with Crippen molar-refractivity contribution < 1.29 is 9.90 Å². The van der Waals surface area contributed by atoms with Crippen molar-refractivity contribution in [2.75, 3.05) is 13.1 Å². The van der Waals surface area contributed by atoms with E-state index in [1.54, 1.807) is 4.90 Å². The van der Waals surface area contributed by atoms with Crippen molar-refractivity contribution in [3.05, 3.63) is 0 Å². The summed E-state index contributed by atoms with van der Waals surface area (Å²) in [5, 5.41) is 9.93. The fourth-order valence-electron chi connectivity index (χ4n) is 2.04. The zero-order valence-corrected chi connectivity index (χ0v) is 10.1. The topological polar surface area (TPSA) is 40.5 Å². The Bertz CT molecular complexity index is 222. The number of aliphatic hydroxyl groups is 1. The first-order chi connectivity index (χ1) is 7.00. The van der Waals surface area contributed by atoms with E-state index in [9.17, 15) is 9.90 Å². The number of nitrogens with zero attached hydrogens (tertiary/aromatic N) is 1. The maximum atomic E-state index is 11.7. The summed E-state index contributed by atoms with van der Waals surface area (Å²) in [4.78, 5) is 13.5. The zero-order chi connectivity index (χ0) is 11.5. The van der Waals surface area contributed by atoms with Gasteiger partial charge in [0.15, 0.2) is 0 Å². The van der Waals surface area contributed by atoms with Gasteiger partial charge < -0.3 is 10.0 Å². The Labute approximate surface area is 92.5 Å². The molecule has 1 aliphatic heterocycles. The summed E-state index contributed by atoms with van der Waals surface area (Å²) >= 11 is 0. The Hall–Kier alpha value is -0.570. The van der Waals surface area contributed by atoms with Crippen molar-refractivity contribution in [1.82, 2.24) is 4.90 Å². The van der Waals surface area contributed by atoms with Crippen LogP contribution < -0.4 is 0 Å². The quantitative estimate of drug-likeness (QED) is 0.756. The van der Waals surface area contributed by atoms with E-state index in [1.165, 1.54) is 0 Å². The largest absolute Gasteiger partial charge is 0.386 e. The normalized spacial score (nSPS) is 20.9. The molecule has 0 bridgehead atoms. The molecule has 88 valence electrons. The zero-order valence-electron chi connectivity index (χ0n) is 10.1. The molecule has 1 saturated heterocycles. The van der Waals surface area contributed by atoms with Crippen molar-refractivity contribution >= 4 is 5.91 Å². The van der Waals surface area contributed by atoms with Crippen LogP contribution in [0.1, 0.15) is 46.5 Å². The monoisotopic (exact) mass is 213 g/mol. The van der Waals surface area contributed by atoms with E-state index in [-0.39, 0.29) is 5.91 Å². The second kappa shape index (κ2) is 4.97. The number of β-amino-alcohol motifs (C(OH)–C–C–N with tert-alkyl or cyclic N) is 1. The summed E-state index contributed by atoms with van der Waals surface area (Å²) in [6, 6.07) is 0. The Morgan fingerprint density at radius 1 is 1.47 bits per heavy atom. The Balaban J connectivity index is 2.29. The van der Waals surface area contributed by atoms with Gasteiger partial charge in [0.2, 0.25) is 5.91 Å². The van der Waals surface area contributed by atoms with Gasteiger partial charge in [-0.2, -0.15) is 0 Å². The SMILES string of the molecule is CCCC1(O)CN(C(=O)CC(C)CC)C1. The molecule has 0 saturated carbocycles. The van der Waals surface area contributed by atoms with Crippen molar-refractivity contribution in [2.45, 2.75) is 52.1 Å². The number of carbonyl (C=O) groups excluding carboxylic acids is 1. The van der Waals surface area contributed by atoms with Gasteiger partial charge >= 0.3 is 0 Å². The van der Waals surface area contributed by atoms with Crippen LogP contribution in [0.25, 0.3) is 0 Å². The van der Waals surface area contributed by atoms with E-state index in [4.69, 9.17) is 0 Å². The van der Waals surface area contributed by atoms with Gasteiger partial charge in [-0.1, -0.05) is 33.6 Å². The highest BCUT2D eigenvalue weighted by Crippen LogP contribution is 2.27. The molecule has 0 aromatic rings. The van der Waals surface area contributed by atoms with Gasteiger partial charge in [-0.15, -0.1) is 0 Å². The Morgan fingerprint density at radius 2 is 2.07 bits per heavy atom. The molecule has 1 N–H and O–H groups in total. The van der Waals surface area contributed by atoms with Gasteiger partial charge in [-0.05, 0) is 12.3 Å². The van der Waals surface area contributed by atoms with Crippen LogP contribution in [-0.4, -0.2) is 34.6 Å². The molecule has 3 nitrogen and oxygen atoms in total. The van der Waals surface area contributed by atoms with E-state index in [0.29, 0.717) is 25.4 Å². The van der Waals surface area contributed by atoms with Gasteiger partial charge in [0, 0.05) is 6.42 Å². The van der Waals surface area contributed by atoms with Crippen molar-refractivity contribution in [3.63, 3.8) is 0 Å². The minimum Gasteiger partial charge on any atom is -0.386 e. The second-order valence-electron chi connectivity index (χ2n) is 4.94. The van der Waals surface area contributed by atoms with Crippen LogP contribution in [0.15, 0.2) is 0 Å². The van der Waals surface area contributed by atoms with Crippen molar-refractivity contribution in [2.24, 2.45) is 5.92 Å². The van der Waals surface area contributed by atoms with Crippen molar-refractivity contribution in [3.8, 4) is 0 Å². The minimum absolute atomic E-state index is 0.199. The minimum atomic E-state index is -0.583. The van der Waals surface area contributed by atoms with Crippen LogP contribution in [0, 0.1) is 5.92 Å². The number of likely N-dealkylation sites (tertiary alicyclic amines) is 1. The highest BCUT2D eigenvalue weighted by Gasteiger charge is 2.42. The molecule has 1 atom stereocenters. The Morgan fingerprint density at radius 3 is 2.53 bits per heavy atom. The lowest BCUT2D eigenvalue weighted by Gasteiger charge is -2.46. The maximum absolute atomic E-state index is 11.7. The molecule has 0 aliphatic carbocycles. The lowest BCUT2D eigenvalue weighted by atomic mass is 9.88. The molecule has 1 aliphatic rings. The molecule has 3 heteroatoms. The molecule has 1 amide bonds. The van der Waals surface area contributed by atoms with Crippen LogP contribution in [0.3, 0.4) is 0 Å². The number of hydrogen-bond acceptors (Lipinski definition) is 2. The molecular weight excluding hydrogens is 190 g/mol. The third kappa shape index (κ3) is 3.20. The van der Waals surface area contributed by atoms with Gasteiger partial charge in [-0.25, -0.2) is 0 Å². The van der Waals surface area contributed by atoms with Gasteiger partial charge in [0.05, 0.1) is 18.7 Å². The molecule has 0 aromatic carbocycles. The molecule has 1 rings (SSSR count). The highest BCUT2D eigenvalue weighted by atomic mass is 16.3. The van der Waals surface area contributed by atoms with Crippen molar-refractivity contribution in [1.29, 1.82) is 0 Å². The summed E-state index contributed by atoms with van der Waals surface area (Å²) in [6.07, 6.45) is 3.45. The third-order valence-corrected chi connectivity index (χ3v) is 3.26. The summed E-state index contributed by atoms with van der Waals surface area (Å²) in [5.74, 6) is 0.655. The van der Waals surface area contributed by atoms with E-state index >= 15 is 0 Å². The van der Waals surface area contributed by atoms with E-state index in [0.717, 1.165) is 19.3 Å². The second-order valence-corrected chi connectivity index (χ2v) is 4.94. The first kappa shape index (κ1) is 12.5. The van der Waals surface area contributed by atoms with E-state index in [1.807, 2.05) is 0 Å². The predicted octanol–water partition coefficient (Wildman–Crippen LogP) is 1.80. The summed E-state index contributed by atoms with van der Waals surface area (Å²) < 4.78 is 0. The number of amides is 1. The lowest BCUT2D eigenvalue weighted by Crippen LogP contribution is -2.63. The molecule has 0 radical (unpaired) electrons. The first-order valence-corrected chi connectivity index (χ1v) is 6.01. The molecular formula is C12H23NO2. The standard InChI is InChI=1S/C12H23NO2/c1-4-6-12(15)8-13(9-12)11(14)7-10(3)5-2/h10,15H,4-9H2,1-3H3. The van der Waals surface area contributed by atoms with Crippen LogP contribution in [0.4, 0.5) is 0 Å². The molecule has 0 spiro atoms. The van der Waals surface area contributed by atoms with Crippen LogP contribution in [0.5, 0.6) is 0 Å². The maximum Gasteiger partial charge on any atom is 0.223 e. The van der Waals surface area contributed by atoms with Gasteiger partial charge in [0.1, 0.15) is 0 Å². The number of carbonyl (C=O) groups is 1. The molecule has 15 heavy (non-hydrogen) atoms. The highest BCUT2D eigenvalue weighted by molar-refractivity contribution is 5.77. The van der Waals surface area contributed by atoms with E-state index in [2.05, 4.69) is 20.8 Å². The van der Waals surface area contributed by atoms with Gasteiger partial charge in [0.25, 0.3) is 0 Å². The van der Waals surface area contributed by atoms with Crippen LogP contribution >= 0.6 is 0 Å². The van der Waals surface area contributed by atoms with E-state index < -0.39 is 5.60 Å². The molecule has 0 aromatic heterocycles. The average Bonchev–Trinajstić information content (AvgIpc) is 2.14. The van der Waals surface area contributed by atoms with Gasteiger partial charge in [-0.3, -0.25) is 4.79 Å². The summed E-state index contributed by atoms with van der Waals surface area (Å²) in [6.45, 7) is 7.32. The molecule has 1 unspecified atom stereocenters. The number of rotatable bonds is 5. The molecule has 1 fully saturated rings. The fourth-order valence-corrected chi connectivity index (χ4v) is 2.04. The van der Waals surface area contributed by atoms with Crippen LogP contribution in [-0.2, 0) is 4.79 Å². The summed E-state index contributed by atoms with van der Waals surface area (Å²) in [7, 11) is 0. The predicted molar refractivity (Wildman–Crippen MR) is 60.5 cm³/mol. The fraction of sp³-hybridized carbons (Fsp3) is 0.917. The number of hydrogen-bond donors (Lipinski definition) is 1. The Kier molecular flexibility index (Phi) is 4.14. The summed E-state index contributed by atoms with van der Waals surface area (Å²) in [5.41, 5.74) is -0.583. The van der Waals surface area contributed by atoms with Crippen LogP contribution in [0.2, 0.25) is 0 Å². The smallest absolute Gasteiger partial charge is 0.223 e. The first-order valence-electron chi connectivity index (χ1n) is 6.01. The third-order valence-electron chi connectivity index (χ3n) is 3.26.